The highest BCUT2D eigenvalue weighted by Gasteiger charge is 2.18. The molecule has 2 amide bonds. The van der Waals surface area contributed by atoms with E-state index in [9.17, 15) is 9.59 Å². The summed E-state index contributed by atoms with van der Waals surface area (Å²) in [5.41, 5.74) is 2.28. The molecule has 0 radical (unpaired) electrons. The third-order valence-electron chi connectivity index (χ3n) is 5.41. The molecule has 4 aromatic carbocycles. The van der Waals surface area contributed by atoms with Crippen molar-refractivity contribution in [2.45, 2.75) is 6.92 Å². The Morgan fingerprint density at radius 3 is 2.34 bits per heavy atom. The van der Waals surface area contributed by atoms with Gasteiger partial charge in [0.25, 0.3) is 11.8 Å². The van der Waals surface area contributed by atoms with Crippen LogP contribution in [0.15, 0.2) is 84.9 Å². The fraction of sp³-hybridized carbons (Fsp3) is 0.0741. The van der Waals surface area contributed by atoms with Crippen LogP contribution in [0.25, 0.3) is 10.8 Å². The number of thiocarbonyl (C=S) groups is 1. The van der Waals surface area contributed by atoms with Crippen LogP contribution in [0.5, 0.6) is 0 Å². The molecule has 0 unspecified atom stereocenters. The summed E-state index contributed by atoms with van der Waals surface area (Å²) in [6.07, 6.45) is 0. The van der Waals surface area contributed by atoms with Gasteiger partial charge in [0.15, 0.2) is 5.11 Å². The van der Waals surface area contributed by atoms with Gasteiger partial charge in [0.05, 0.1) is 16.3 Å². The first kappa shape index (κ1) is 24.7. The number of carbonyl (C=O) groups excluding carboxylic acids is 2. The molecule has 0 bridgehead atoms. The Morgan fingerprint density at radius 1 is 0.914 bits per heavy atom. The van der Waals surface area contributed by atoms with Gasteiger partial charge in [-0.05, 0) is 73.1 Å². The van der Waals surface area contributed by atoms with E-state index in [4.69, 9.17) is 35.4 Å². The van der Waals surface area contributed by atoms with Crippen LogP contribution in [-0.2, 0) is 0 Å². The zero-order valence-electron chi connectivity index (χ0n) is 18.7. The lowest BCUT2D eigenvalue weighted by Crippen LogP contribution is -2.34. The second kappa shape index (κ2) is 10.9. The van der Waals surface area contributed by atoms with Crippen molar-refractivity contribution in [3.05, 3.63) is 106 Å². The van der Waals surface area contributed by atoms with E-state index >= 15 is 0 Å². The average Bonchev–Trinajstić information content (AvgIpc) is 2.85. The molecule has 2 N–H and O–H groups in total. The third-order valence-corrected chi connectivity index (χ3v) is 6.16. The van der Waals surface area contributed by atoms with Gasteiger partial charge in [-0.15, -0.1) is 0 Å². The Morgan fingerprint density at radius 2 is 1.63 bits per heavy atom. The van der Waals surface area contributed by atoms with Gasteiger partial charge < -0.3 is 10.2 Å². The standard InChI is InChI=1S/C27H21Cl2N3O2S/c1-2-32(24-9-5-7-17-6-3-4-8-21(17)24)26(34)18-10-13-20(14-11-18)30-27(35)31-25(33)22-15-12-19(28)16-23(22)29/h3-16H,2H2,1H3,(H2,30,31,33,35). The van der Waals surface area contributed by atoms with E-state index in [0.717, 1.165) is 16.5 Å². The van der Waals surface area contributed by atoms with Gasteiger partial charge in [0, 0.05) is 28.2 Å². The van der Waals surface area contributed by atoms with E-state index < -0.39 is 5.91 Å². The van der Waals surface area contributed by atoms with Gasteiger partial charge >= 0.3 is 0 Å². The number of amides is 2. The van der Waals surface area contributed by atoms with Crippen molar-refractivity contribution in [3.8, 4) is 0 Å². The molecule has 4 rings (SSSR count). The van der Waals surface area contributed by atoms with Crippen LogP contribution in [-0.4, -0.2) is 23.5 Å². The molecule has 35 heavy (non-hydrogen) atoms. The van der Waals surface area contributed by atoms with Gasteiger partial charge in [0.2, 0.25) is 0 Å². The minimum Gasteiger partial charge on any atom is -0.332 e. The number of anilines is 2. The number of hydrogen-bond donors (Lipinski definition) is 2. The van der Waals surface area contributed by atoms with Crippen LogP contribution >= 0.6 is 35.4 Å². The topological polar surface area (TPSA) is 61.4 Å². The van der Waals surface area contributed by atoms with Gasteiger partial charge in [0.1, 0.15) is 0 Å². The maximum Gasteiger partial charge on any atom is 0.258 e. The normalized spacial score (nSPS) is 10.6. The van der Waals surface area contributed by atoms with Gasteiger partial charge in [-0.3, -0.25) is 14.9 Å². The maximum atomic E-state index is 13.3. The summed E-state index contributed by atoms with van der Waals surface area (Å²) in [6.45, 7) is 2.47. The molecule has 0 atom stereocenters. The molecule has 0 spiro atoms. The summed E-state index contributed by atoms with van der Waals surface area (Å²) in [5.74, 6) is -0.562. The molecule has 0 aliphatic heterocycles. The molecule has 0 saturated carbocycles. The Balaban J connectivity index is 1.45. The van der Waals surface area contributed by atoms with Gasteiger partial charge in [-0.2, -0.15) is 0 Å². The maximum absolute atomic E-state index is 13.3. The number of benzene rings is 4. The molecule has 0 aromatic heterocycles. The number of halogens is 2. The van der Waals surface area contributed by atoms with Crippen molar-refractivity contribution in [1.82, 2.24) is 5.32 Å². The molecule has 0 fully saturated rings. The molecular weight excluding hydrogens is 501 g/mol. The Hall–Kier alpha value is -3.45. The molecule has 0 heterocycles. The highest BCUT2D eigenvalue weighted by Crippen LogP contribution is 2.28. The smallest absolute Gasteiger partial charge is 0.258 e. The molecule has 0 saturated heterocycles. The molecule has 5 nitrogen and oxygen atoms in total. The van der Waals surface area contributed by atoms with Crippen molar-refractivity contribution in [2.24, 2.45) is 0 Å². The lowest BCUT2D eigenvalue weighted by Gasteiger charge is -2.23. The van der Waals surface area contributed by atoms with Crippen molar-refractivity contribution < 1.29 is 9.59 Å². The summed E-state index contributed by atoms with van der Waals surface area (Å²) >= 11 is 17.2. The minimum atomic E-state index is -0.454. The zero-order chi connectivity index (χ0) is 24.9. The van der Waals surface area contributed by atoms with Crippen LogP contribution in [0.3, 0.4) is 0 Å². The van der Waals surface area contributed by atoms with E-state index in [1.807, 2.05) is 49.4 Å². The number of hydrogen-bond acceptors (Lipinski definition) is 3. The molecule has 176 valence electrons. The lowest BCUT2D eigenvalue weighted by atomic mass is 10.1. The predicted octanol–water partition coefficient (Wildman–Crippen LogP) is 6.94. The highest BCUT2D eigenvalue weighted by atomic mass is 35.5. The summed E-state index contributed by atoms with van der Waals surface area (Å²) in [5, 5.41) is 8.39. The van der Waals surface area contributed by atoms with Crippen LogP contribution in [0.1, 0.15) is 27.6 Å². The number of fused-ring (bicyclic) bond motifs is 1. The molecule has 0 aliphatic carbocycles. The second-order valence-electron chi connectivity index (χ2n) is 7.66. The average molecular weight is 522 g/mol. The highest BCUT2D eigenvalue weighted by molar-refractivity contribution is 7.80. The third kappa shape index (κ3) is 5.62. The molecular formula is C27H21Cl2N3O2S. The van der Waals surface area contributed by atoms with Crippen molar-refractivity contribution in [1.29, 1.82) is 0 Å². The summed E-state index contributed by atoms with van der Waals surface area (Å²) in [4.78, 5) is 27.5. The van der Waals surface area contributed by atoms with Crippen LogP contribution in [0.2, 0.25) is 10.0 Å². The fourth-order valence-corrected chi connectivity index (χ4v) is 4.43. The number of nitrogens with one attached hydrogen (secondary N) is 2. The first-order chi connectivity index (χ1) is 16.9. The molecule has 0 aliphatic rings. The summed E-state index contributed by atoms with van der Waals surface area (Å²) in [7, 11) is 0. The minimum absolute atomic E-state index is 0.103. The summed E-state index contributed by atoms with van der Waals surface area (Å²) < 4.78 is 0. The van der Waals surface area contributed by atoms with Crippen LogP contribution in [0.4, 0.5) is 11.4 Å². The van der Waals surface area contributed by atoms with Crippen LogP contribution in [0, 0.1) is 0 Å². The Kier molecular flexibility index (Phi) is 7.66. The molecule has 4 aromatic rings. The van der Waals surface area contributed by atoms with Gasteiger partial charge in [-0.25, -0.2) is 0 Å². The quantitative estimate of drug-likeness (QED) is 0.279. The number of rotatable bonds is 5. The van der Waals surface area contributed by atoms with E-state index in [1.54, 1.807) is 35.2 Å². The Bertz CT molecular complexity index is 1420. The monoisotopic (exact) mass is 521 g/mol. The summed E-state index contributed by atoms with van der Waals surface area (Å²) in [6, 6.07) is 25.4. The van der Waals surface area contributed by atoms with Crippen molar-refractivity contribution in [3.63, 3.8) is 0 Å². The fourth-order valence-electron chi connectivity index (χ4n) is 3.73. The van der Waals surface area contributed by atoms with Gasteiger partial charge in [-0.1, -0.05) is 59.6 Å². The van der Waals surface area contributed by atoms with Crippen LogP contribution < -0.4 is 15.5 Å². The number of carbonyl (C=O) groups is 2. The van der Waals surface area contributed by atoms with E-state index in [2.05, 4.69) is 10.6 Å². The molecule has 8 heteroatoms. The SMILES string of the molecule is CCN(C(=O)c1ccc(NC(=S)NC(=O)c2ccc(Cl)cc2Cl)cc1)c1cccc2ccccc12. The van der Waals surface area contributed by atoms with Crippen molar-refractivity contribution in [2.75, 3.05) is 16.8 Å². The first-order valence-electron chi connectivity index (χ1n) is 10.8. The lowest BCUT2D eigenvalue weighted by molar-refractivity contribution is 0.0973. The van der Waals surface area contributed by atoms with E-state index in [1.165, 1.54) is 12.1 Å². The number of nitrogens with zero attached hydrogens (tertiary/aromatic N) is 1. The largest absolute Gasteiger partial charge is 0.332 e. The van der Waals surface area contributed by atoms with Crippen molar-refractivity contribution >= 4 is 74.5 Å². The Labute approximate surface area is 218 Å². The van der Waals surface area contributed by atoms with E-state index in [0.29, 0.717) is 22.8 Å². The van der Waals surface area contributed by atoms with E-state index in [-0.39, 0.29) is 21.6 Å². The first-order valence-corrected chi connectivity index (χ1v) is 12.0. The predicted molar refractivity (Wildman–Crippen MR) is 148 cm³/mol. The zero-order valence-corrected chi connectivity index (χ0v) is 21.0. The second-order valence-corrected chi connectivity index (χ2v) is 8.91.